The first-order valence-electron chi connectivity index (χ1n) is 5.84. The van der Waals surface area contributed by atoms with Crippen molar-refractivity contribution in [3.05, 3.63) is 30.1 Å². The van der Waals surface area contributed by atoms with Crippen LogP contribution in [0.3, 0.4) is 0 Å². The van der Waals surface area contributed by atoms with Gasteiger partial charge in [-0.15, -0.1) is 0 Å². The van der Waals surface area contributed by atoms with E-state index in [1.807, 2.05) is 0 Å². The van der Waals surface area contributed by atoms with Crippen LogP contribution in [0.1, 0.15) is 12.8 Å². The zero-order valence-corrected chi connectivity index (χ0v) is 9.95. The molecule has 0 amide bonds. The normalized spacial score (nSPS) is 18.8. The average molecular weight is 239 g/mol. The maximum absolute atomic E-state index is 13.1. The highest BCUT2D eigenvalue weighted by Gasteiger charge is 2.45. The van der Waals surface area contributed by atoms with Crippen LogP contribution in [0.25, 0.3) is 0 Å². The summed E-state index contributed by atoms with van der Waals surface area (Å²) in [7, 11) is 1.61. The molecule has 0 aromatic heterocycles. The summed E-state index contributed by atoms with van der Waals surface area (Å²) >= 11 is 0. The molecule has 1 unspecified atom stereocenters. The lowest BCUT2D eigenvalue weighted by Crippen LogP contribution is -2.48. The van der Waals surface area contributed by atoms with E-state index in [4.69, 9.17) is 4.74 Å². The van der Waals surface area contributed by atoms with Gasteiger partial charge < -0.3 is 15.2 Å². The second-order valence-electron chi connectivity index (χ2n) is 4.66. The summed E-state index contributed by atoms with van der Waals surface area (Å²) in [5.74, 6) is 0.116. The zero-order chi connectivity index (χ0) is 12.3. The summed E-state index contributed by atoms with van der Waals surface area (Å²) in [5.41, 5.74) is 0.200. The number of hydrogen-bond acceptors (Lipinski definition) is 3. The molecule has 1 aromatic carbocycles. The number of hydrogen-bond donors (Lipinski definition) is 2. The second-order valence-corrected chi connectivity index (χ2v) is 4.66. The quantitative estimate of drug-likeness (QED) is 0.798. The number of benzene rings is 1. The molecule has 94 valence electrons. The van der Waals surface area contributed by atoms with Crippen molar-refractivity contribution in [3.8, 4) is 0 Å². The number of rotatable bonds is 6. The van der Waals surface area contributed by atoms with Crippen LogP contribution < -0.4 is 5.32 Å². The molecule has 0 heterocycles. The molecule has 1 atom stereocenters. The van der Waals surface area contributed by atoms with Crippen LogP contribution >= 0.6 is 0 Å². The summed E-state index contributed by atoms with van der Waals surface area (Å²) in [6, 6.07) is 6.28. The monoisotopic (exact) mass is 239 g/mol. The van der Waals surface area contributed by atoms with Crippen molar-refractivity contribution in [1.82, 2.24) is 0 Å². The van der Waals surface area contributed by atoms with Gasteiger partial charge in [-0.1, -0.05) is 6.07 Å². The van der Waals surface area contributed by atoms with Gasteiger partial charge in [-0.25, -0.2) is 4.39 Å². The minimum absolute atomic E-state index is 0.0119. The van der Waals surface area contributed by atoms with Crippen molar-refractivity contribution in [2.24, 2.45) is 5.92 Å². The smallest absolute Gasteiger partial charge is 0.125 e. The molecule has 1 saturated carbocycles. The van der Waals surface area contributed by atoms with E-state index in [9.17, 15) is 9.50 Å². The van der Waals surface area contributed by atoms with Crippen LogP contribution in [0.15, 0.2) is 24.3 Å². The fraction of sp³-hybridized carbons (Fsp3) is 0.538. The molecule has 3 nitrogen and oxygen atoms in total. The summed E-state index contributed by atoms with van der Waals surface area (Å²) in [4.78, 5) is 0. The Labute approximate surface area is 101 Å². The predicted molar refractivity (Wildman–Crippen MR) is 64.4 cm³/mol. The molecule has 0 saturated heterocycles. The summed E-state index contributed by atoms with van der Waals surface area (Å²) in [6.45, 7) is 0.409. The number of aliphatic hydroxyl groups is 1. The van der Waals surface area contributed by atoms with Crippen LogP contribution in [0, 0.1) is 11.7 Å². The molecular weight excluding hydrogens is 221 g/mol. The zero-order valence-electron chi connectivity index (χ0n) is 9.95. The molecule has 1 aliphatic carbocycles. The molecule has 2 N–H and O–H groups in total. The van der Waals surface area contributed by atoms with Crippen LogP contribution in [-0.4, -0.2) is 31.0 Å². The molecule has 1 aliphatic rings. The first-order chi connectivity index (χ1) is 8.20. The van der Waals surface area contributed by atoms with Crippen LogP contribution in [0.4, 0.5) is 10.1 Å². The number of methoxy groups -OCH3 is 1. The molecule has 0 spiro atoms. The van der Waals surface area contributed by atoms with Crippen LogP contribution in [0.2, 0.25) is 0 Å². The Kier molecular flexibility index (Phi) is 3.64. The highest BCUT2D eigenvalue weighted by atomic mass is 19.1. The molecule has 2 rings (SSSR count). The van der Waals surface area contributed by atoms with Crippen molar-refractivity contribution in [2.45, 2.75) is 18.4 Å². The largest absolute Gasteiger partial charge is 0.394 e. The highest BCUT2D eigenvalue weighted by molar-refractivity contribution is 5.46. The molecular formula is C13H18FNO2. The van der Waals surface area contributed by atoms with Gasteiger partial charge in [0.1, 0.15) is 5.82 Å². The average Bonchev–Trinajstić information content (AvgIpc) is 3.12. The van der Waals surface area contributed by atoms with Crippen LogP contribution in [0.5, 0.6) is 0 Å². The van der Waals surface area contributed by atoms with Gasteiger partial charge in [-0.2, -0.15) is 0 Å². The summed E-state index contributed by atoms with van der Waals surface area (Å²) in [5, 5.41) is 12.8. The van der Waals surface area contributed by atoms with Gasteiger partial charge in [0.05, 0.1) is 18.8 Å². The van der Waals surface area contributed by atoms with Gasteiger partial charge in [-0.3, -0.25) is 0 Å². The molecule has 1 aromatic rings. The second kappa shape index (κ2) is 5.02. The van der Waals surface area contributed by atoms with E-state index in [2.05, 4.69) is 5.32 Å². The van der Waals surface area contributed by atoms with Gasteiger partial charge in [-0.05, 0) is 37.0 Å². The number of aliphatic hydroxyl groups excluding tert-OH is 1. The van der Waals surface area contributed by atoms with Gasteiger partial charge in [0.25, 0.3) is 0 Å². The Morgan fingerprint density at radius 3 is 2.82 bits per heavy atom. The van der Waals surface area contributed by atoms with Crippen molar-refractivity contribution < 1.29 is 14.2 Å². The van der Waals surface area contributed by atoms with E-state index in [0.717, 1.165) is 12.8 Å². The minimum Gasteiger partial charge on any atom is -0.394 e. The SMILES string of the molecule is COCC(CO)(Nc1cccc(F)c1)C1CC1. The van der Waals surface area contributed by atoms with Gasteiger partial charge in [0, 0.05) is 12.8 Å². The number of ether oxygens (including phenoxy) is 1. The molecule has 0 aliphatic heterocycles. The molecule has 1 fully saturated rings. The molecule has 0 bridgehead atoms. The molecule has 4 heteroatoms. The standard InChI is InChI=1S/C13H18FNO2/c1-17-9-13(8-16,10-5-6-10)15-12-4-2-3-11(14)7-12/h2-4,7,10,15-16H,5-6,8-9H2,1H3. The van der Waals surface area contributed by atoms with E-state index >= 15 is 0 Å². The van der Waals surface area contributed by atoms with Crippen LogP contribution in [-0.2, 0) is 4.74 Å². The third-order valence-electron chi connectivity index (χ3n) is 3.26. The highest BCUT2D eigenvalue weighted by Crippen LogP contribution is 2.41. The lowest BCUT2D eigenvalue weighted by Gasteiger charge is -2.33. The summed E-state index contributed by atoms with van der Waals surface area (Å²) < 4.78 is 18.3. The van der Waals surface area contributed by atoms with E-state index < -0.39 is 5.54 Å². The first kappa shape index (κ1) is 12.3. The first-order valence-corrected chi connectivity index (χ1v) is 5.84. The topological polar surface area (TPSA) is 41.5 Å². The Morgan fingerprint density at radius 1 is 1.53 bits per heavy atom. The third kappa shape index (κ3) is 2.76. The third-order valence-corrected chi connectivity index (χ3v) is 3.26. The maximum atomic E-state index is 13.1. The minimum atomic E-state index is -0.484. The van der Waals surface area contributed by atoms with E-state index in [1.54, 1.807) is 19.2 Å². The molecule has 17 heavy (non-hydrogen) atoms. The summed E-state index contributed by atoms with van der Waals surface area (Å²) in [6.07, 6.45) is 2.15. The van der Waals surface area contributed by atoms with E-state index in [0.29, 0.717) is 18.2 Å². The van der Waals surface area contributed by atoms with Crippen molar-refractivity contribution in [2.75, 3.05) is 25.6 Å². The Bertz CT molecular complexity index is 381. The molecule has 0 radical (unpaired) electrons. The van der Waals surface area contributed by atoms with Crippen molar-refractivity contribution in [1.29, 1.82) is 0 Å². The van der Waals surface area contributed by atoms with Gasteiger partial charge in [0.15, 0.2) is 0 Å². The van der Waals surface area contributed by atoms with Gasteiger partial charge >= 0.3 is 0 Å². The van der Waals surface area contributed by atoms with E-state index in [1.165, 1.54) is 12.1 Å². The number of nitrogens with one attached hydrogen (secondary N) is 1. The fourth-order valence-corrected chi connectivity index (χ4v) is 2.22. The van der Waals surface area contributed by atoms with Crippen molar-refractivity contribution >= 4 is 5.69 Å². The lowest BCUT2D eigenvalue weighted by atomic mass is 9.94. The number of anilines is 1. The van der Waals surface area contributed by atoms with Crippen molar-refractivity contribution in [3.63, 3.8) is 0 Å². The maximum Gasteiger partial charge on any atom is 0.125 e. The lowest BCUT2D eigenvalue weighted by molar-refractivity contribution is 0.0862. The Balaban J connectivity index is 2.16. The Morgan fingerprint density at radius 2 is 2.29 bits per heavy atom. The Hall–Kier alpha value is -1.13. The predicted octanol–water partition coefficient (Wildman–Crippen LogP) is 2.03. The number of halogens is 1. The van der Waals surface area contributed by atoms with E-state index in [-0.39, 0.29) is 12.4 Å². The fourth-order valence-electron chi connectivity index (χ4n) is 2.22. The van der Waals surface area contributed by atoms with Gasteiger partial charge in [0.2, 0.25) is 0 Å².